The Morgan fingerprint density at radius 3 is 2.04 bits per heavy atom. The molecule has 0 unspecified atom stereocenters. The Morgan fingerprint density at radius 1 is 0.875 bits per heavy atom. The first-order valence-corrected chi connectivity index (χ1v) is 7.09. The van der Waals surface area contributed by atoms with Crippen molar-refractivity contribution in [3.63, 3.8) is 0 Å². The van der Waals surface area contributed by atoms with E-state index in [9.17, 15) is 5.21 Å². The lowest BCUT2D eigenvalue weighted by Crippen LogP contribution is -3.00. The number of H-pyrrole nitrogens is 1. The molecule has 2 N–H and O–H groups in total. The lowest BCUT2D eigenvalue weighted by Gasteiger charge is -2.02. The average Bonchev–Trinajstić information content (AvgIpc) is 2.62. The SMILES string of the molecule is ON=C(C[n+]1ccc(-c2cc[nH+]cc2)cc1)c1ccccc1.[I-].[I-]. The first kappa shape index (κ1) is 20.5. The smallest absolute Gasteiger partial charge is 0.194 e. The maximum atomic E-state index is 9.24. The van der Waals surface area contributed by atoms with Gasteiger partial charge in [0.2, 0.25) is 0 Å². The van der Waals surface area contributed by atoms with E-state index >= 15 is 0 Å². The minimum atomic E-state index is 0. The predicted molar refractivity (Wildman–Crippen MR) is 83.4 cm³/mol. The van der Waals surface area contributed by atoms with E-state index in [0.29, 0.717) is 12.3 Å². The summed E-state index contributed by atoms with van der Waals surface area (Å²) in [6, 6.07) is 17.8. The lowest BCUT2D eigenvalue weighted by atomic mass is 10.1. The summed E-state index contributed by atoms with van der Waals surface area (Å²) in [5, 5.41) is 12.7. The van der Waals surface area contributed by atoms with Crippen LogP contribution in [-0.2, 0) is 6.54 Å². The molecule has 0 saturated carbocycles. The summed E-state index contributed by atoms with van der Waals surface area (Å²) in [5.41, 5.74) is 3.85. The van der Waals surface area contributed by atoms with Crippen LogP contribution in [0.4, 0.5) is 0 Å². The summed E-state index contributed by atoms with van der Waals surface area (Å²) < 4.78 is 1.99. The van der Waals surface area contributed by atoms with Crippen LogP contribution < -0.4 is 57.5 Å². The van der Waals surface area contributed by atoms with Crippen molar-refractivity contribution in [1.82, 2.24) is 0 Å². The zero-order valence-electron chi connectivity index (χ0n) is 12.8. The molecule has 3 aromatic rings. The van der Waals surface area contributed by atoms with E-state index < -0.39 is 0 Å². The van der Waals surface area contributed by atoms with Crippen LogP contribution in [0.5, 0.6) is 0 Å². The van der Waals surface area contributed by atoms with Crippen LogP contribution in [0.15, 0.2) is 84.5 Å². The van der Waals surface area contributed by atoms with Crippen molar-refractivity contribution in [3.8, 4) is 11.1 Å². The minimum absolute atomic E-state index is 0. The number of aromatic amines is 1. The van der Waals surface area contributed by atoms with Gasteiger partial charge in [-0.25, -0.2) is 4.98 Å². The van der Waals surface area contributed by atoms with Gasteiger partial charge >= 0.3 is 0 Å². The van der Waals surface area contributed by atoms with Gasteiger partial charge in [0.1, 0.15) is 0 Å². The van der Waals surface area contributed by atoms with Crippen molar-refractivity contribution in [1.29, 1.82) is 0 Å². The van der Waals surface area contributed by atoms with Crippen LogP contribution in [0.3, 0.4) is 0 Å². The fraction of sp³-hybridized carbons (Fsp3) is 0.0556. The van der Waals surface area contributed by atoms with E-state index in [0.717, 1.165) is 16.7 Å². The second-order valence-electron chi connectivity index (χ2n) is 4.96. The topological polar surface area (TPSA) is 50.6 Å². The van der Waals surface area contributed by atoms with E-state index in [1.54, 1.807) is 0 Å². The monoisotopic (exact) mass is 545 g/mol. The number of halogens is 2. The Labute approximate surface area is 175 Å². The van der Waals surface area contributed by atoms with Crippen molar-refractivity contribution >= 4 is 5.71 Å². The number of benzene rings is 1. The minimum Gasteiger partial charge on any atom is -1.00 e. The van der Waals surface area contributed by atoms with Gasteiger partial charge < -0.3 is 53.2 Å². The van der Waals surface area contributed by atoms with Gasteiger partial charge in [-0.1, -0.05) is 35.5 Å². The molecule has 4 nitrogen and oxygen atoms in total. The van der Waals surface area contributed by atoms with Gasteiger partial charge in [0, 0.05) is 29.8 Å². The molecule has 0 atom stereocenters. The quantitative estimate of drug-likeness (QED) is 0.119. The first-order chi connectivity index (χ1) is 10.9. The fourth-order valence-corrected chi connectivity index (χ4v) is 2.32. The van der Waals surface area contributed by atoms with E-state index in [1.807, 2.05) is 71.8 Å². The zero-order chi connectivity index (χ0) is 15.2. The largest absolute Gasteiger partial charge is 1.00 e. The highest BCUT2D eigenvalue weighted by molar-refractivity contribution is 5.99. The zero-order valence-corrected chi connectivity index (χ0v) is 17.1. The van der Waals surface area contributed by atoms with E-state index in [4.69, 9.17) is 0 Å². The molecule has 1 aromatic carbocycles. The van der Waals surface area contributed by atoms with Crippen LogP contribution in [0, 0.1) is 0 Å². The van der Waals surface area contributed by atoms with E-state index in [-0.39, 0.29) is 48.0 Å². The molecule has 0 radical (unpaired) electrons. The molecule has 0 amide bonds. The predicted octanol–water partition coefficient (Wildman–Crippen LogP) is -3.66. The molecule has 124 valence electrons. The highest BCUT2D eigenvalue weighted by atomic mass is 127. The molecule has 0 spiro atoms. The van der Waals surface area contributed by atoms with Crippen molar-refractivity contribution < 1.29 is 62.7 Å². The molecule has 2 aromatic heterocycles. The molecule has 6 heteroatoms. The Morgan fingerprint density at radius 2 is 1.46 bits per heavy atom. The van der Waals surface area contributed by atoms with Crippen LogP contribution in [0.2, 0.25) is 0 Å². The van der Waals surface area contributed by atoms with Crippen LogP contribution in [-0.4, -0.2) is 10.9 Å². The summed E-state index contributed by atoms with van der Waals surface area (Å²) in [7, 11) is 0. The highest BCUT2D eigenvalue weighted by Crippen LogP contribution is 2.15. The summed E-state index contributed by atoms with van der Waals surface area (Å²) in [6.07, 6.45) is 7.78. The standard InChI is InChI=1S/C18H15N3O.2HI/c22-20-18(17-4-2-1-3-5-17)14-21-12-8-16(9-13-21)15-6-10-19-11-7-15;;/h1-13H,14H2;2*1H. The van der Waals surface area contributed by atoms with Gasteiger partial charge in [0.25, 0.3) is 0 Å². The van der Waals surface area contributed by atoms with E-state index in [2.05, 4.69) is 22.3 Å². The maximum Gasteiger partial charge on any atom is 0.194 e. The summed E-state index contributed by atoms with van der Waals surface area (Å²) >= 11 is 0. The van der Waals surface area contributed by atoms with Crippen molar-refractivity contribution in [2.75, 3.05) is 0 Å². The second-order valence-corrected chi connectivity index (χ2v) is 4.96. The van der Waals surface area contributed by atoms with Gasteiger partial charge in [-0.3, -0.25) is 0 Å². The molecule has 0 bridgehead atoms. The number of aromatic nitrogens is 2. The second kappa shape index (κ2) is 10.3. The molecule has 0 aliphatic carbocycles. The van der Waals surface area contributed by atoms with E-state index in [1.165, 1.54) is 0 Å². The molecular formula is C18H17I2N3O. The number of oxime groups is 1. The Kier molecular flexibility index (Phi) is 8.83. The van der Waals surface area contributed by atoms with Crippen LogP contribution in [0.25, 0.3) is 11.1 Å². The number of nitrogens with one attached hydrogen (secondary N) is 1. The summed E-state index contributed by atoms with van der Waals surface area (Å²) in [4.78, 5) is 3.02. The molecule has 2 heterocycles. The van der Waals surface area contributed by atoms with Crippen molar-refractivity contribution in [2.45, 2.75) is 6.54 Å². The first-order valence-electron chi connectivity index (χ1n) is 7.09. The normalized spacial score (nSPS) is 10.4. The molecule has 0 aliphatic rings. The number of hydrogen-bond donors (Lipinski definition) is 1. The number of nitrogens with zero attached hydrogens (tertiary/aromatic N) is 2. The number of pyridine rings is 2. The Bertz CT molecular complexity index is 763. The van der Waals surface area contributed by atoms with Crippen molar-refractivity contribution in [2.24, 2.45) is 5.16 Å². The number of hydrogen-bond acceptors (Lipinski definition) is 2. The van der Waals surface area contributed by atoms with Gasteiger partial charge in [0.15, 0.2) is 37.0 Å². The highest BCUT2D eigenvalue weighted by Gasteiger charge is 2.11. The molecule has 24 heavy (non-hydrogen) atoms. The van der Waals surface area contributed by atoms with Gasteiger partial charge in [-0.2, -0.15) is 4.57 Å². The third kappa shape index (κ3) is 5.23. The van der Waals surface area contributed by atoms with Gasteiger partial charge in [0.05, 0.1) is 0 Å². The van der Waals surface area contributed by atoms with Crippen molar-refractivity contribution in [3.05, 3.63) is 84.9 Å². The summed E-state index contributed by atoms with van der Waals surface area (Å²) in [6.45, 7) is 0.517. The molecular weight excluding hydrogens is 528 g/mol. The Balaban J connectivity index is 0.00000144. The summed E-state index contributed by atoms with van der Waals surface area (Å²) in [5.74, 6) is 0. The third-order valence-corrected chi connectivity index (χ3v) is 3.50. The lowest BCUT2D eigenvalue weighted by molar-refractivity contribution is -0.681. The average molecular weight is 545 g/mol. The third-order valence-electron chi connectivity index (χ3n) is 3.50. The molecule has 0 aliphatic heterocycles. The number of rotatable bonds is 4. The fourth-order valence-electron chi connectivity index (χ4n) is 2.32. The van der Waals surface area contributed by atoms with Crippen LogP contribution >= 0.6 is 0 Å². The van der Waals surface area contributed by atoms with Gasteiger partial charge in [-0.15, -0.1) is 0 Å². The van der Waals surface area contributed by atoms with Crippen LogP contribution in [0.1, 0.15) is 5.56 Å². The molecule has 3 rings (SSSR count). The maximum absolute atomic E-state index is 9.24. The Hall–Kier alpha value is -1.55. The van der Waals surface area contributed by atoms with Gasteiger partial charge in [-0.05, 0) is 11.1 Å². The molecule has 0 saturated heterocycles. The molecule has 0 fully saturated rings.